The molecule has 2 aromatic rings. The van der Waals surface area contributed by atoms with E-state index in [4.69, 9.17) is 0 Å². The Bertz CT molecular complexity index is 656. The zero-order chi connectivity index (χ0) is 15.5. The van der Waals surface area contributed by atoms with Crippen molar-refractivity contribution in [3.05, 3.63) is 35.0 Å². The molecular formula is C15H19N5OS. The van der Waals surface area contributed by atoms with E-state index in [1.54, 1.807) is 0 Å². The number of rotatable bonds is 3. The fourth-order valence-corrected chi connectivity index (χ4v) is 3.13. The Morgan fingerprint density at radius 3 is 3.05 bits per heavy atom. The van der Waals surface area contributed by atoms with Crippen LogP contribution in [0.2, 0.25) is 0 Å². The molecule has 1 aliphatic rings. The van der Waals surface area contributed by atoms with Gasteiger partial charge in [-0.1, -0.05) is 0 Å². The van der Waals surface area contributed by atoms with Gasteiger partial charge >= 0.3 is 6.03 Å². The normalized spacial score (nSPS) is 16.7. The van der Waals surface area contributed by atoms with Gasteiger partial charge in [0.1, 0.15) is 0 Å². The molecule has 0 aromatic carbocycles. The van der Waals surface area contributed by atoms with Crippen LogP contribution in [-0.2, 0) is 12.8 Å². The average Bonchev–Trinajstić information content (AvgIpc) is 2.99. The molecule has 2 heterocycles. The molecule has 1 atom stereocenters. The number of aryl methyl sites for hydroxylation is 1. The van der Waals surface area contributed by atoms with Crippen molar-refractivity contribution in [3.8, 4) is 0 Å². The molecule has 0 unspecified atom stereocenters. The summed E-state index contributed by atoms with van der Waals surface area (Å²) in [5.41, 5.74) is 2.22. The third kappa shape index (κ3) is 3.36. The van der Waals surface area contributed by atoms with Crippen molar-refractivity contribution in [1.82, 2.24) is 15.3 Å². The number of aromatic nitrogens is 2. The lowest BCUT2D eigenvalue weighted by atomic mass is 9.93. The Kier molecular flexibility index (Phi) is 4.24. The van der Waals surface area contributed by atoms with Gasteiger partial charge in [0.2, 0.25) is 5.95 Å². The van der Waals surface area contributed by atoms with E-state index < -0.39 is 0 Å². The molecular weight excluding hydrogens is 298 g/mol. The SMILES string of the molecule is CN(C)c1ncc2c(n1)CC[C@@H](NC(=O)Nc1cccs1)C2. The van der Waals surface area contributed by atoms with Crippen LogP contribution in [0.4, 0.5) is 15.7 Å². The Hall–Kier alpha value is -2.15. The maximum atomic E-state index is 12.0. The number of fused-ring (bicyclic) bond motifs is 1. The van der Waals surface area contributed by atoms with Gasteiger partial charge < -0.3 is 10.2 Å². The van der Waals surface area contributed by atoms with Crippen LogP contribution in [0.3, 0.4) is 0 Å². The molecule has 22 heavy (non-hydrogen) atoms. The molecule has 0 aliphatic heterocycles. The molecule has 7 heteroatoms. The van der Waals surface area contributed by atoms with Gasteiger partial charge in [-0.2, -0.15) is 0 Å². The summed E-state index contributed by atoms with van der Waals surface area (Å²) in [5, 5.41) is 8.66. The minimum Gasteiger partial charge on any atom is -0.347 e. The zero-order valence-corrected chi connectivity index (χ0v) is 13.5. The summed E-state index contributed by atoms with van der Waals surface area (Å²) < 4.78 is 0. The number of amides is 2. The highest BCUT2D eigenvalue weighted by Gasteiger charge is 2.22. The van der Waals surface area contributed by atoms with Crippen LogP contribution in [-0.4, -0.2) is 36.1 Å². The third-order valence-corrected chi connectivity index (χ3v) is 4.42. The van der Waals surface area contributed by atoms with Crippen molar-refractivity contribution < 1.29 is 4.79 Å². The van der Waals surface area contributed by atoms with E-state index in [9.17, 15) is 4.79 Å². The number of hydrogen-bond donors (Lipinski definition) is 2. The van der Waals surface area contributed by atoms with Gasteiger partial charge in [-0.15, -0.1) is 11.3 Å². The molecule has 116 valence electrons. The van der Waals surface area contributed by atoms with Crippen LogP contribution in [0.15, 0.2) is 23.7 Å². The summed E-state index contributed by atoms with van der Waals surface area (Å²) in [6, 6.07) is 3.77. The number of urea groups is 1. The first-order valence-corrected chi connectivity index (χ1v) is 8.13. The molecule has 0 saturated heterocycles. The van der Waals surface area contributed by atoms with Gasteiger partial charge in [0.25, 0.3) is 0 Å². The van der Waals surface area contributed by atoms with Crippen LogP contribution < -0.4 is 15.5 Å². The predicted octanol–water partition coefficient (Wildman–Crippen LogP) is 2.28. The van der Waals surface area contributed by atoms with Gasteiger partial charge in [0, 0.05) is 32.0 Å². The number of nitrogens with one attached hydrogen (secondary N) is 2. The van der Waals surface area contributed by atoms with Crippen molar-refractivity contribution in [2.24, 2.45) is 0 Å². The van der Waals surface area contributed by atoms with Crippen molar-refractivity contribution in [2.75, 3.05) is 24.3 Å². The molecule has 0 radical (unpaired) electrons. The van der Waals surface area contributed by atoms with Crippen LogP contribution in [0.25, 0.3) is 0 Å². The summed E-state index contributed by atoms with van der Waals surface area (Å²) in [4.78, 5) is 22.8. The molecule has 0 spiro atoms. The highest BCUT2D eigenvalue weighted by atomic mass is 32.1. The number of carbonyl (C=O) groups excluding carboxylic acids is 1. The van der Waals surface area contributed by atoms with E-state index in [0.717, 1.165) is 41.5 Å². The molecule has 0 saturated carbocycles. The molecule has 2 N–H and O–H groups in total. The second kappa shape index (κ2) is 6.31. The van der Waals surface area contributed by atoms with Crippen LogP contribution in [0, 0.1) is 0 Å². The Balaban J connectivity index is 1.61. The van der Waals surface area contributed by atoms with E-state index in [1.807, 2.05) is 42.7 Å². The lowest BCUT2D eigenvalue weighted by Crippen LogP contribution is -2.41. The van der Waals surface area contributed by atoms with Crippen LogP contribution >= 0.6 is 11.3 Å². The minimum absolute atomic E-state index is 0.126. The van der Waals surface area contributed by atoms with E-state index in [2.05, 4.69) is 20.6 Å². The molecule has 6 nitrogen and oxygen atoms in total. The second-order valence-electron chi connectivity index (χ2n) is 5.55. The Labute approximate surface area is 133 Å². The first-order chi connectivity index (χ1) is 10.6. The topological polar surface area (TPSA) is 70.2 Å². The monoisotopic (exact) mass is 317 g/mol. The van der Waals surface area contributed by atoms with Gasteiger partial charge in [0.15, 0.2) is 0 Å². The lowest BCUT2D eigenvalue weighted by molar-refractivity contribution is 0.247. The van der Waals surface area contributed by atoms with E-state index in [-0.39, 0.29) is 12.1 Å². The third-order valence-electron chi connectivity index (χ3n) is 3.63. The van der Waals surface area contributed by atoms with E-state index in [0.29, 0.717) is 0 Å². The van der Waals surface area contributed by atoms with Gasteiger partial charge in [0.05, 0.1) is 5.00 Å². The molecule has 1 aliphatic carbocycles. The first kappa shape index (κ1) is 14.8. The highest BCUT2D eigenvalue weighted by Crippen LogP contribution is 2.21. The summed E-state index contributed by atoms with van der Waals surface area (Å²) >= 11 is 1.51. The minimum atomic E-state index is -0.151. The quantitative estimate of drug-likeness (QED) is 0.911. The fraction of sp³-hybridized carbons (Fsp3) is 0.400. The van der Waals surface area contributed by atoms with Crippen LogP contribution in [0.5, 0.6) is 0 Å². The number of hydrogen-bond acceptors (Lipinski definition) is 5. The smallest absolute Gasteiger partial charge is 0.320 e. The van der Waals surface area contributed by atoms with Crippen LogP contribution in [0.1, 0.15) is 17.7 Å². The number of thiophene rings is 1. The average molecular weight is 317 g/mol. The van der Waals surface area contributed by atoms with Gasteiger partial charge in [-0.05, 0) is 42.3 Å². The molecule has 0 bridgehead atoms. The summed E-state index contributed by atoms with van der Waals surface area (Å²) in [6.07, 6.45) is 4.42. The van der Waals surface area contributed by atoms with E-state index in [1.165, 1.54) is 11.3 Å². The van der Waals surface area contributed by atoms with Crippen molar-refractivity contribution in [3.63, 3.8) is 0 Å². The summed E-state index contributed by atoms with van der Waals surface area (Å²) in [7, 11) is 3.87. The largest absolute Gasteiger partial charge is 0.347 e. The number of nitrogens with zero attached hydrogens (tertiary/aromatic N) is 3. The first-order valence-electron chi connectivity index (χ1n) is 7.25. The van der Waals surface area contributed by atoms with Crippen molar-refractivity contribution in [1.29, 1.82) is 0 Å². The lowest BCUT2D eigenvalue weighted by Gasteiger charge is -2.25. The molecule has 3 rings (SSSR count). The molecule has 2 amide bonds. The number of carbonyl (C=O) groups is 1. The van der Waals surface area contributed by atoms with Crippen molar-refractivity contribution >= 4 is 28.3 Å². The number of anilines is 2. The maximum absolute atomic E-state index is 12.0. The standard InChI is InChI=1S/C15H19N5OS/c1-20(2)14-16-9-10-8-11(5-6-12(10)18-14)17-15(21)19-13-4-3-7-22-13/h3-4,7,9,11H,5-6,8H2,1-2H3,(H2,17,19,21)/t11-/m1/s1. The molecule has 0 fully saturated rings. The van der Waals surface area contributed by atoms with Gasteiger partial charge in [-0.25, -0.2) is 14.8 Å². The van der Waals surface area contributed by atoms with Gasteiger partial charge in [-0.3, -0.25) is 5.32 Å². The summed E-state index contributed by atoms with van der Waals surface area (Å²) in [6.45, 7) is 0. The Morgan fingerprint density at radius 2 is 2.32 bits per heavy atom. The Morgan fingerprint density at radius 1 is 1.45 bits per heavy atom. The van der Waals surface area contributed by atoms with E-state index >= 15 is 0 Å². The predicted molar refractivity (Wildman–Crippen MR) is 88.6 cm³/mol. The summed E-state index contributed by atoms with van der Waals surface area (Å²) in [5.74, 6) is 0.737. The highest BCUT2D eigenvalue weighted by molar-refractivity contribution is 7.14. The fourth-order valence-electron chi connectivity index (χ4n) is 2.52. The second-order valence-corrected chi connectivity index (χ2v) is 6.50. The molecule has 2 aromatic heterocycles. The zero-order valence-electron chi connectivity index (χ0n) is 12.7. The van der Waals surface area contributed by atoms with Crippen molar-refractivity contribution in [2.45, 2.75) is 25.3 Å². The maximum Gasteiger partial charge on any atom is 0.320 e.